The number of likely N-dealkylation sites (tertiary alicyclic amines) is 1. The predicted molar refractivity (Wildman–Crippen MR) is 124 cm³/mol. The molecule has 12 heteroatoms. The molecule has 33 heavy (non-hydrogen) atoms. The van der Waals surface area contributed by atoms with Crippen molar-refractivity contribution in [1.29, 1.82) is 0 Å². The second kappa shape index (κ2) is 12.3. The lowest BCUT2D eigenvalue weighted by Crippen LogP contribution is -2.57. The van der Waals surface area contributed by atoms with Crippen LogP contribution in [0.4, 0.5) is 4.79 Å². The molecule has 1 saturated heterocycles. The second-order valence-electron chi connectivity index (χ2n) is 9.47. The van der Waals surface area contributed by atoms with E-state index in [0.29, 0.717) is 32.4 Å². The Morgan fingerprint density at radius 1 is 1.12 bits per heavy atom. The maximum atomic E-state index is 13.2. The summed E-state index contributed by atoms with van der Waals surface area (Å²) in [6, 6.07) is -2.54. The van der Waals surface area contributed by atoms with Crippen molar-refractivity contribution in [3.8, 4) is 0 Å². The molecule has 1 rings (SSSR count). The van der Waals surface area contributed by atoms with Gasteiger partial charge in [-0.2, -0.15) is 0 Å². The lowest BCUT2D eigenvalue weighted by molar-refractivity contribution is -0.141. The zero-order valence-electron chi connectivity index (χ0n) is 20.2. The van der Waals surface area contributed by atoms with E-state index in [0.717, 1.165) is 0 Å². The van der Waals surface area contributed by atoms with Gasteiger partial charge in [0.1, 0.15) is 23.7 Å². The van der Waals surface area contributed by atoms with Crippen molar-refractivity contribution in [3.05, 3.63) is 0 Å². The van der Waals surface area contributed by atoms with Crippen molar-refractivity contribution in [3.63, 3.8) is 0 Å². The standard InChI is InChI=1S/C21H39N7O5/c1-12(2)15(27-20(32)33-21(3,4)5)18(31)28-11-7-9-14(28)17(30)26-13(16(22)29)8-6-10-25-19(23)24/h12-15H,6-11H2,1-5H3,(H2,22,29)(H,26,30)(H,27,32)(H4,23,24,25). The summed E-state index contributed by atoms with van der Waals surface area (Å²) in [5.41, 5.74) is 15.3. The second-order valence-corrected chi connectivity index (χ2v) is 9.47. The van der Waals surface area contributed by atoms with Gasteiger partial charge in [0.25, 0.3) is 0 Å². The Morgan fingerprint density at radius 2 is 1.76 bits per heavy atom. The third-order valence-corrected chi connectivity index (χ3v) is 5.05. The van der Waals surface area contributed by atoms with Crippen molar-refractivity contribution >= 4 is 29.8 Å². The SMILES string of the molecule is CC(C)C(NC(=O)OC(C)(C)C)C(=O)N1CCCC1C(=O)NC(CCCN=C(N)N)C(N)=O. The molecule has 0 aromatic carbocycles. The third-order valence-electron chi connectivity index (χ3n) is 5.05. The molecule has 0 aliphatic carbocycles. The minimum Gasteiger partial charge on any atom is -0.444 e. The fourth-order valence-corrected chi connectivity index (χ4v) is 3.49. The van der Waals surface area contributed by atoms with Crippen LogP contribution < -0.4 is 27.8 Å². The van der Waals surface area contributed by atoms with Gasteiger partial charge < -0.3 is 37.5 Å². The number of hydrogen-bond acceptors (Lipinski definition) is 6. The number of amides is 4. The van der Waals surface area contributed by atoms with E-state index in [1.54, 1.807) is 34.6 Å². The van der Waals surface area contributed by atoms with Crippen molar-refractivity contribution in [2.45, 2.75) is 84.0 Å². The Hall–Kier alpha value is -3.05. The Morgan fingerprint density at radius 3 is 2.27 bits per heavy atom. The van der Waals surface area contributed by atoms with Crippen LogP contribution >= 0.6 is 0 Å². The summed E-state index contributed by atoms with van der Waals surface area (Å²) in [4.78, 5) is 55.5. The monoisotopic (exact) mass is 469 g/mol. The van der Waals surface area contributed by atoms with Crippen molar-refractivity contribution in [2.75, 3.05) is 13.1 Å². The average molecular weight is 470 g/mol. The molecule has 3 atom stereocenters. The predicted octanol–water partition coefficient (Wildman–Crippen LogP) is -0.450. The molecule has 0 aromatic rings. The Kier molecular flexibility index (Phi) is 10.4. The number of aliphatic imine (C=N–C) groups is 1. The molecule has 1 aliphatic rings. The maximum absolute atomic E-state index is 13.2. The largest absolute Gasteiger partial charge is 0.444 e. The number of carbonyl (C=O) groups is 4. The maximum Gasteiger partial charge on any atom is 0.408 e. The van der Waals surface area contributed by atoms with Crippen molar-refractivity contribution in [2.24, 2.45) is 28.1 Å². The van der Waals surface area contributed by atoms with E-state index in [-0.39, 0.29) is 24.2 Å². The van der Waals surface area contributed by atoms with E-state index < -0.39 is 41.6 Å². The highest BCUT2D eigenvalue weighted by Crippen LogP contribution is 2.21. The summed E-state index contributed by atoms with van der Waals surface area (Å²) in [6.07, 6.45) is 1.05. The van der Waals surface area contributed by atoms with Gasteiger partial charge in [-0.05, 0) is 52.4 Å². The first-order valence-corrected chi connectivity index (χ1v) is 11.2. The van der Waals surface area contributed by atoms with Gasteiger partial charge in [-0.3, -0.25) is 19.4 Å². The van der Waals surface area contributed by atoms with Gasteiger partial charge in [-0.25, -0.2) is 4.79 Å². The Labute approximate surface area is 195 Å². The van der Waals surface area contributed by atoms with Gasteiger partial charge >= 0.3 is 6.09 Å². The van der Waals surface area contributed by atoms with Crippen LogP contribution in [0.5, 0.6) is 0 Å². The van der Waals surface area contributed by atoms with Gasteiger partial charge in [0.2, 0.25) is 17.7 Å². The number of rotatable bonds is 10. The first-order chi connectivity index (χ1) is 15.2. The van der Waals surface area contributed by atoms with Crippen molar-refractivity contribution < 1.29 is 23.9 Å². The van der Waals surface area contributed by atoms with E-state index in [9.17, 15) is 19.2 Å². The van der Waals surface area contributed by atoms with Gasteiger partial charge in [0, 0.05) is 13.1 Å². The smallest absolute Gasteiger partial charge is 0.408 e. The van der Waals surface area contributed by atoms with Crippen LogP contribution in [0.15, 0.2) is 4.99 Å². The molecular weight excluding hydrogens is 430 g/mol. The van der Waals surface area contributed by atoms with E-state index in [2.05, 4.69) is 15.6 Å². The van der Waals surface area contributed by atoms with Crippen LogP contribution in [0, 0.1) is 5.92 Å². The molecule has 0 radical (unpaired) electrons. The van der Waals surface area contributed by atoms with Crippen LogP contribution in [-0.2, 0) is 19.1 Å². The zero-order valence-corrected chi connectivity index (χ0v) is 20.2. The number of nitrogens with two attached hydrogens (primary N) is 3. The zero-order chi connectivity index (χ0) is 25.3. The molecule has 8 N–H and O–H groups in total. The molecular formula is C21H39N7O5. The first-order valence-electron chi connectivity index (χ1n) is 11.2. The normalized spacial score (nSPS) is 17.8. The van der Waals surface area contributed by atoms with E-state index in [4.69, 9.17) is 21.9 Å². The molecule has 1 fully saturated rings. The minimum atomic E-state index is -0.912. The minimum absolute atomic E-state index is 0.0607. The van der Waals surface area contributed by atoms with Gasteiger partial charge in [0.15, 0.2) is 5.96 Å². The molecule has 0 aromatic heterocycles. The van der Waals surface area contributed by atoms with Gasteiger partial charge in [0.05, 0.1) is 0 Å². The van der Waals surface area contributed by atoms with E-state index in [1.807, 2.05) is 0 Å². The van der Waals surface area contributed by atoms with Gasteiger partial charge in [-0.1, -0.05) is 13.8 Å². The number of alkyl carbamates (subject to hydrolysis) is 1. The highest BCUT2D eigenvalue weighted by atomic mass is 16.6. The fraction of sp³-hybridized carbons (Fsp3) is 0.762. The number of hydrogen-bond donors (Lipinski definition) is 5. The third kappa shape index (κ3) is 9.54. The summed E-state index contributed by atoms with van der Waals surface area (Å²) in [5.74, 6) is -1.82. The Bertz CT molecular complexity index is 744. The van der Waals surface area contributed by atoms with Crippen LogP contribution in [0.3, 0.4) is 0 Å². The lowest BCUT2D eigenvalue weighted by Gasteiger charge is -2.31. The van der Waals surface area contributed by atoms with Crippen LogP contribution in [0.25, 0.3) is 0 Å². The molecule has 0 saturated carbocycles. The fourth-order valence-electron chi connectivity index (χ4n) is 3.49. The van der Waals surface area contributed by atoms with Crippen LogP contribution in [0.2, 0.25) is 0 Å². The number of nitrogens with one attached hydrogen (secondary N) is 2. The van der Waals surface area contributed by atoms with E-state index in [1.165, 1.54) is 4.90 Å². The summed E-state index contributed by atoms with van der Waals surface area (Å²) < 4.78 is 5.27. The van der Waals surface area contributed by atoms with E-state index >= 15 is 0 Å². The highest BCUT2D eigenvalue weighted by Gasteiger charge is 2.39. The first kappa shape index (κ1) is 28.0. The molecule has 188 valence electrons. The number of primary amides is 1. The number of guanidine groups is 1. The molecule has 1 aliphatic heterocycles. The average Bonchev–Trinajstić information content (AvgIpc) is 3.15. The summed E-state index contributed by atoms with van der Waals surface area (Å²) in [5, 5.41) is 5.26. The number of nitrogens with zero attached hydrogens (tertiary/aromatic N) is 2. The molecule has 0 spiro atoms. The molecule has 3 unspecified atom stereocenters. The topological polar surface area (TPSA) is 195 Å². The molecule has 4 amide bonds. The quantitative estimate of drug-likeness (QED) is 0.162. The summed E-state index contributed by atoms with van der Waals surface area (Å²) >= 11 is 0. The Balaban J connectivity index is 2.85. The molecule has 1 heterocycles. The molecule has 0 bridgehead atoms. The summed E-state index contributed by atoms with van der Waals surface area (Å²) in [6.45, 7) is 9.43. The highest BCUT2D eigenvalue weighted by molar-refractivity contribution is 5.94. The lowest BCUT2D eigenvalue weighted by atomic mass is 10.0. The molecule has 12 nitrogen and oxygen atoms in total. The van der Waals surface area contributed by atoms with Crippen molar-refractivity contribution in [1.82, 2.24) is 15.5 Å². The summed E-state index contributed by atoms with van der Waals surface area (Å²) in [7, 11) is 0. The van der Waals surface area contributed by atoms with Crippen LogP contribution in [-0.4, -0.2) is 71.5 Å². The van der Waals surface area contributed by atoms with Gasteiger partial charge in [-0.15, -0.1) is 0 Å². The number of ether oxygens (including phenoxy) is 1. The number of carbonyl (C=O) groups excluding carboxylic acids is 4. The van der Waals surface area contributed by atoms with Crippen LogP contribution in [0.1, 0.15) is 60.3 Å².